The molecule has 0 radical (unpaired) electrons. The molecular weight excluding hydrogens is 495 g/mol. The summed E-state index contributed by atoms with van der Waals surface area (Å²) in [6, 6.07) is 21.4. The van der Waals surface area contributed by atoms with Crippen LogP contribution in [0.5, 0.6) is 5.75 Å². The molecule has 0 spiro atoms. The molecule has 0 aliphatic rings. The van der Waals surface area contributed by atoms with Gasteiger partial charge in [-0.3, -0.25) is 9.59 Å². The highest BCUT2D eigenvalue weighted by atomic mass is 35.5. The van der Waals surface area contributed by atoms with Crippen LogP contribution in [0.3, 0.4) is 0 Å². The first kappa shape index (κ1) is 27.6. The first-order chi connectivity index (χ1) is 17.0. The molecule has 0 aromatic heterocycles. The van der Waals surface area contributed by atoms with E-state index < -0.39 is 11.6 Å². The van der Waals surface area contributed by atoms with Gasteiger partial charge >= 0.3 is 0 Å². The molecule has 0 fully saturated rings. The van der Waals surface area contributed by atoms with Crippen LogP contribution >= 0.6 is 23.2 Å². The van der Waals surface area contributed by atoms with Gasteiger partial charge in [0.2, 0.25) is 5.91 Å². The summed E-state index contributed by atoms with van der Waals surface area (Å²) in [5, 5.41) is 4.19. The fraction of sp³-hybridized carbons (Fsp3) is 0.310. The van der Waals surface area contributed by atoms with E-state index in [1.54, 1.807) is 29.2 Å². The monoisotopic (exact) mass is 526 g/mol. The Morgan fingerprint density at radius 2 is 1.61 bits per heavy atom. The topological polar surface area (TPSA) is 58.6 Å². The van der Waals surface area contributed by atoms with Gasteiger partial charge in [-0.15, -0.1) is 0 Å². The molecule has 36 heavy (non-hydrogen) atoms. The summed E-state index contributed by atoms with van der Waals surface area (Å²) >= 11 is 12.6. The zero-order valence-corrected chi connectivity index (χ0v) is 22.6. The number of amides is 2. The lowest BCUT2D eigenvalue weighted by molar-refractivity contribution is -0.143. The van der Waals surface area contributed by atoms with E-state index in [2.05, 4.69) is 5.32 Å². The van der Waals surface area contributed by atoms with Gasteiger partial charge in [0.15, 0.2) is 6.61 Å². The number of halogens is 2. The first-order valence-corrected chi connectivity index (χ1v) is 12.6. The average molecular weight is 527 g/mol. The molecule has 0 unspecified atom stereocenters. The van der Waals surface area contributed by atoms with Gasteiger partial charge in [0.25, 0.3) is 5.91 Å². The third kappa shape index (κ3) is 8.00. The Balaban J connectivity index is 1.94. The Morgan fingerprint density at radius 3 is 2.25 bits per heavy atom. The number of hydrogen-bond donors (Lipinski definition) is 1. The standard InChI is InChI=1S/C29H32Cl2N2O3/c1-20-16-23(14-15-24(20)30)36-19-27(34)33(18-22-12-8-9-13-25(22)31)26(28(35)32-29(2,3)4)17-21-10-6-5-7-11-21/h5-16,26H,17-19H2,1-4H3,(H,32,35)/t26-/m1/s1. The Kier molecular flexibility index (Phi) is 9.41. The summed E-state index contributed by atoms with van der Waals surface area (Å²) < 4.78 is 5.82. The minimum Gasteiger partial charge on any atom is -0.484 e. The van der Waals surface area contributed by atoms with Crippen LogP contribution in [0.15, 0.2) is 72.8 Å². The molecule has 3 rings (SSSR count). The molecule has 0 saturated heterocycles. The number of nitrogens with one attached hydrogen (secondary N) is 1. The second-order valence-corrected chi connectivity index (χ2v) is 10.6. The summed E-state index contributed by atoms with van der Waals surface area (Å²) in [7, 11) is 0. The van der Waals surface area contributed by atoms with Crippen molar-refractivity contribution < 1.29 is 14.3 Å². The maximum Gasteiger partial charge on any atom is 0.261 e. The number of ether oxygens (including phenoxy) is 1. The number of benzene rings is 3. The number of rotatable bonds is 9. The summed E-state index contributed by atoms with van der Waals surface area (Å²) in [5.41, 5.74) is 2.07. The van der Waals surface area contributed by atoms with Crippen LogP contribution in [0.4, 0.5) is 0 Å². The average Bonchev–Trinajstić information content (AvgIpc) is 2.82. The van der Waals surface area contributed by atoms with E-state index in [0.29, 0.717) is 22.2 Å². The van der Waals surface area contributed by atoms with E-state index in [0.717, 1.165) is 16.7 Å². The van der Waals surface area contributed by atoms with Crippen molar-refractivity contribution >= 4 is 35.0 Å². The van der Waals surface area contributed by atoms with Crippen LogP contribution in [0, 0.1) is 6.92 Å². The molecule has 5 nitrogen and oxygen atoms in total. The number of nitrogens with zero attached hydrogens (tertiary/aromatic N) is 1. The molecular formula is C29H32Cl2N2O3. The zero-order valence-electron chi connectivity index (χ0n) is 21.1. The molecule has 0 aliphatic carbocycles. The van der Waals surface area contributed by atoms with E-state index >= 15 is 0 Å². The van der Waals surface area contributed by atoms with Gasteiger partial charge in [0, 0.05) is 28.5 Å². The van der Waals surface area contributed by atoms with Gasteiger partial charge in [-0.05, 0) is 68.7 Å². The van der Waals surface area contributed by atoms with E-state index in [1.165, 1.54) is 0 Å². The number of hydrogen-bond acceptors (Lipinski definition) is 3. The third-order valence-electron chi connectivity index (χ3n) is 5.56. The largest absolute Gasteiger partial charge is 0.484 e. The molecule has 3 aromatic rings. The van der Waals surface area contributed by atoms with Crippen molar-refractivity contribution in [2.75, 3.05) is 6.61 Å². The normalized spacial score (nSPS) is 12.1. The second-order valence-electron chi connectivity index (χ2n) is 9.76. The minimum absolute atomic E-state index is 0.163. The Bertz CT molecular complexity index is 1190. The Morgan fingerprint density at radius 1 is 0.944 bits per heavy atom. The van der Waals surface area contributed by atoms with Crippen molar-refractivity contribution in [2.24, 2.45) is 0 Å². The quantitative estimate of drug-likeness (QED) is 0.359. The summed E-state index contributed by atoms with van der Waals surface area (Å²) in [6.45, 7) is 7.54. The number of carbonyl (C=O) groups excluding carboxylic acids is 2. The predicted molar refractivity (Wildman–Crippen MR) is 146 cm³/mol. The smallest absolute Gasteiger partial charge is 0.261 e. The maximum absolute atomic E-state index is 13.6. The minimum atomic E-state index is -0.772. The van der Waals surface area contributed by atoms with Gasteiger partial charge in [0.05, 0.1) is 0 Å². The number of aryl methyl sites for hydroxylation is 1. The lowest BCUT2D eigenvalue weighted by Gasteiger charge is -2.34. The van der Waals surface area contributed by atoms with Gasteiger partial charge in [-0.1, -0.05) is 71.7 Å². The number of carbonyl (C=O) groups is 2. The summed E-state index contributed by atoms with van der Waals surface area (Å²) in [5.74, 6) is -0.0386. The van der Waals surface area contributed by atoms with Crippen LogP contribution in [0.2, 0.25) is 10.0 Å². The van der Waals surface area contributed by atoms with Crippen molar-refractivity contribution in [1.82, 2.24) is 10.2 Å². The van der Waals surface area contributed by atoms with Crippen LogP contribution in [-0.2, 0) is 22.6 Å². The van der Waals surface area contributed by atoms with Crippen molar-refractivity contribution in [3.05, 3.63) is 99.5 Å². The SMILES string of the molecule is Cc1cc(OCC(=O)N(Cc2ccccc2Cl)[C@H](Cc2ccccc2)C(=O)NC(C)(C)C)ccc1Cl. The molecule has 1 N–H and O–H groups in total. The molecule has 0 bridgehead atoms. The third-order valence-corrected chi connectivity index (χ3v) is 6.35. The lowest BCUT2D eigenvalue weighted by Crippen LogP contribution is -2.55. The van der Waals surface area contributed by atoms with Crippen molar-refractivity contribution in [3.8, 4) is 5.75 Å². The molecule has 7 heteroatoms. The summed E-state index contributed by atoms with van der Waals surface area (Å²) in [6.07, 6.45) is 0.346. The first-order valence-electron chi connectivity index (χ1n) is 11.8. The van der Waals surface area contributed by atoms with Gasteiger partial charge in [-0.25, -0.2) is 0 Å². The van der Waals surface area contributed by atoms with Crippen molar-refractivity contribution in [2.45, 2.75) is 52.2 Å². The molecule has 0 heterocycles. The fourth-order valence-corrected chi connectivity index (χ4v) is 4.07. The Labute approximate surface area is 223 Å². The molecule has 1 atom stereocenters. The van der Waals surface area contributed by atoms with Crippen LogP contribution in [0.25, 0.3) is 0 Å². The lowest BCUT2D eigenvalue weighted by atomic mass is 10.0. The van der Waals surface area contributed by atoms with Crippen LogP contribution in [0.1, 0.15) is 37.5 Å². The van der Waals surface area contributed by atoms with E-state index in [1.807, 2.05) is 76.2 Å². The summed E-state index contributed by atoms with van der Waals surface area (Å²) in [4.78, 5) is 28.7. The molecule has 2 amide bonds. The van der Waals surface area contributed by atoms with Crippen LogP contribution < -0.4 is 10.1 Å². The molecule has 3 aromatic carbocycles. The highest BCUT2D eigenvalue weighted by Crippen LogP contribution is 2.23. The highest BCUT2D eigenvalue weighted by molar-refractivity contribution is 6.31. The van der Waals surface area contributed by atoms with Crippen molar-refractivity contribution in [3.63, 3.8) is 0 Å². The second kappa shape index (κ2) is 12.3. The van der Waals surface area contributed by atoms with E-state index in [-0.39, 0.29) is 25.0 Å². The molecule has 0 saturated carbocycles. The van der Waals surface area contributed by atoms with E-state index in [9.17, 15) is 9.59 Å². The van der Waals surface area contributed by atoms with E-state index in [4.69, 9.17) is 27.9 Å². The predicted octanol–water partition coefficient (Wildman–Crippen LogP) is 6.24. The highest BCUT2D eigenvalue weighted by Gasteiger charge is 2.32. The van der Waals surface area contributed by atoms with Gasteiger partial charge < -0.3 is 15.0 Å². The zero-order chi connectivity index (χ0) is 26.3. The van der Waals surface area contributed by atoms with Gasteiger partial charge in [0.1, 0.15) is 11.8 Å². The maximum atomic E-state index is 13.6. The Hall–Kier alpha value is -3.02. The van der Waals surface area contributed by atoms with Gasteiger partial charge in [-0.2, -0.15) is 0 Å². The van der Waals surface area contributed by atoms with Crippen molar-refractivity contribution in [1.29, 1.82) is 0 Å². The fourth-order valence-electron chi connectivity index (χ4n) is 3.75. The van der Waals surface area contributed by atoms with Crippen LogP contribution in [-0.4, -0.2) is 34.9 Å². The molecule has 190 valence electrons. The molecule has 0 aliphatic heterocycles.